The van der Waals surface area contributed by atoms with Gasteiger partial charge in [-0.15, -0.1) is 0 Å². The SMILES string of the molecule is O=C(N[C@@H]1C=CCC1)C(Cl)(Cl)Cl. The number of alkyl halides is 3. The normalized spacial score (nSPS) is 22.8. The zero-order valence-corrected chi connectivity index (χ0v) is 8.46. The molecular formula is C7H8Cl3NO. The van der Waals surface area contributed by atoms with Crippen LogP contribution in [0.4, 0.5) is 0 Å². The Kier molecular flexibility index (Phi) is 3.27. The number of amides is 1. The van der Waals surface area contributed by atoms with Crippen LogP contribution in [0.1, 0.15) is 12.8 Å². The van der Waals surface area contributed by atoms with Gasteiger partial charge < -0.3 is 5.32 Å². The molecule has 1 aliphatic carbocycles. The van der Waals surface area contributed by atoms with E-state index in [2.05, 4.69) is 5.32 Å². The maximum Gasteiger partial charge on any atom is 0.272 e. The molecular weight excluding hydrogens is 220 g/mol. The van der Waals surface area contributed by atoms with Gasteiger partial charge in [-0.2, -0.15) is 0 Å². The van der Waals surface area contributed by atoms with Crippen molar-refractivity contribution in [3.8, 4) is 0 Å². The largest absolute Gasteiger partial charge is 0.346 e. The standard InChI is InChI=1S/C7H8Cl3NO/c8-7(9,10)6(12)11-5-3-1-2-4-5/h1,3,5H,2,4H2,(H,11,12)/t5-/m1/s1. The molecule has 0 spiro atoms. The molecule has 0 saturated heterocycles. The van der Waals surface area contributed by atoms with Crippen molar-refractivity contribution in [1.82, 2.24) is 5.32 Å². The minimum absolute atomic E-state index is 0.0214. The number of hydrogen-bond acceptors (Lipinski definition) is 1. The third-order valence-corrected chi connectivity index (χ3v) is 2.10. The van der Waals surface area contributed by atoms with Crippen molar-refractivity contribution in [1.29, 1.82) is 0 Å². The predicted octanol–water partition coefficient (Wildman–Crippen LogP) is 2.19. The van der Waals surface area contributed by atoms with Crippen LogP contribution in [0.3, 0.4) is 0 Å². The number of carbonyl (C=O) groups excluding carboxylic acids is 1. The number of allylic oxidation sites excluding steroid dienone is 1. The maximum absolute atomic E-state index is 11.1. The second-order valence-corrected chi connectivity index (χ2v) is 4.86. The topological polar surface area (TPSA) is 29.1 Å². The van der Waals surface area contributed by atoms with Gasteiger partial charge in [0.2, 0.25) is 0 Å². The molecule has 0 aromatic heterocycles. The molecule has 0 heterocycles. The molecule has 68 valence electrons. The number of nitrogens with one attached hydrogen (secondary N) is 1. The first-order valence-electron chi connectivity index (χ1n) is 3.54. The highest BCUT2D eigenvalue weighted by Crippen LogP contribution is 2.26. The van der Waals surface area contributed by atoms with Crippen molar-refractivity contribution >= 4 is 40.7 Å². The van der Waals surface area contributed by atoms with E-state index in [-0.39, 0.29) is 6.04 Å². The van der Waals surface area contributed by atoms with Gasteiger partial charge in [-0.25, -0.2) is 0 Å². The first-order chi connectivity index (χ1) is 5.50. The lowest BCUT2D eigenvalue weighted by molar-refractivity contribution is -0.120. The van der Waals surface area contributed by atoms with Crippen molar-refractivity contribution in [2.45, 2.75) is 22.7 Å². The summed E-state index contributed by atoms with van der Waals surface area (Å²) in [4.78, 5) is 11.1. The van der Waals surface area contributed by atoms with Crippen molar-refractivity contribution in [2.24, 2.45) is 0 Å². The Balaban J connectivity index is 2.41. The summed E-state index contributed by atoms with van der Waals surface area (Å²) >= 11 is 16.1. The number of rotatable bonds is 1. The summed E-state index contributed by atoms with van der Waals surface area (Å²) in [5.41, 5.74) is 0. The zero-order valence-electron chi connectivity index (χ0n) is 6.19. The molecule has 5 heteroatoms. The van der Waals surface area contributed by atoms with Gasteiger partial charge in [0.25, 0.3) is 9.70 Å². The molecule has 1 amide bonds. The zero-order chi connectivity index (χ0) is 9.19. The molecule has 1 N–H and O–H groups in total. The Labute approximate surface area is 85.9 Å². The quantitative estimate of drug-likeness (QED) is 0.541. The summed E-state index contributed by atoms with van der Waals surface area (Å²) in [6.07, 6.45) is 5.73. The van der Waals surface area contributed by atoms with Crippen LogP contribution >= 0.6 is 34.8 Å². The Morgan fingerprint density at radius 2 is 2.17 bits per heavy atom. The molecule has 0 bridgehead atoms. The van der Waals surface area contributed by atoms with E-state index in [0.717, 1.165) is 12.8 Å². The van der Waals surface area contributed by atoms with Crippen LogP contribution < -0.4 is 5.32 Å². The van der Waals surface area contributed by atoms with Crippen molar-refractivity contribution < 1.29 is 4.79 Å². The summed E-state index contributed by atoms with van der Waals surface area (Å²) in [6, 6.07) is 0.0214. The van der Waals surface area contributed by atoms with Crippen molar-refractivity contribution in [2.75, 3.05) is 0 Å². The van der Waals surface area contributed by atoms with Gasteiger partial charge in [-0.3, -0.25) is 4.79 Å². The first kappa shape index (κ1) is 10.2. The summed E-state index contributed by atoms with van der Waals surface area (Å²) in [7, 11) is 0. The molecule has 0 saturated carbocycles. The minimum atomic E-state index is -1.85. The van der Waals surface area contributed by atoms with E-state index in [9.17, 15) is 4.79 Å². The molecule has 0 aromatic carbocycles. The van der Waals surface area contributed by atoms with Gasteiger partial charge in [0.1, 0.15) is 0 Å². The second kappa shape index (κ2) is 3.86. The first-order valence-corrected chi connectivity index (χ1v) is 4.68. The van der Waals surface area contributed by atoms with Gasteiger partial charge in [-0.05, 0) is 12.8 Å². The van der Waals surface area contributed by atoms with E-state index in [1.165, 1.54) is 0 Å². The van der Waals surface area contributed by atoms with Crippen LogP contribution in [0, 0.1) is 0 Å². The monoisotopic (exact) mass is 227 g/mol. The Bertz CT molecular complexity index is 209. The highest BCUT2D eigenvalue weighted by atomic mass is 35.6. The van der Waals surface area contributed by atoms with E-state index in [1.807, 2.05) is 12.2 Å². The van der Waals surface area contributed by atoms with Gasteiger partial charge in [-0.1, -0.05) is 47.0 Å². The van der Waals surface area contributed by atoms with Crippen molar-refractivity contribution in [3.63, 3.8) is 0 Å². The third kappa shape index (κ3) is 2.85. The van der Waals surface area contributed by atoms with Crippen LogP contribution in [0.15, 0.2) is 12.2 Å². The van der Waals surface area contributed by atoms with E-state index >= 15 is 0 Å². The second-order valence-electron chi connectivity index (χ2n) is 2.58. The molecule has 1 aliphatic rings. The molecule has 0 aliphatic heterocycles. The Morgan fingerprint density at radius 1 is 1.50 bits per heavy atom. The lowest BCUT2D eigenvalue weighted by Gasteiger charge is -2.15. The van der Waals surface area contributed by atoms with Crippen LogP contribution in [0.25, 0.3) is 0 Å². The molecule has 1 atom stereocenters. The summed E-state index contributed by atoms with van der Waals surface area (Å²) in [5, 5.41) is 2.60. The molecule has 2 nitrogen and oxygen atoms in total. The lowest BCUT2D eigenvalue weighted by atomic mass is 10.2. The predicted molar refractivity (Wildman–Crippen MR) is 50.6 cm³/mol. The maximum atomic E-state index is 11.1. The van der Waals surface area contributed by atoms with Crippen LogP contribution in [-0.2, 0) is 4.79 Å². The fourth-order valence-corrected chi connectivity index (χ4v) is 1.17. The number of halogens is 3. The highest BCUT2D eigenvalue weighted by molar-refractivity contribution is 6.76. The summed E-state index contributed by atoms with van der Waals surface area (Å²) in [5.74, 6) is -0.566. The third-order valence-electron chi connectivity index (χ3n) is 1.59. The van der Waals surface area contributed by atoms with Crippen LogP contribution in [0.2, 0.25) is 0 Å². The van der Waals surface area contributed by atoms with Gasteiger partial charge in [0, 0.05) is 6.04 Å². The highest BCUT2D eigenvalue weighted by Gasteiger charge is 2.31. The van der Waals surface area contributed by atoms with E-state index in [0.29, 0.717) is 0 Å². The average molecular weight is 229 g/mol. The Morgan fingerprint density at radius 3 is 2.58 bits per heavy atom. The molecule has 0 unspecified atom stereocenters. The molecule has 0 fully saturated rings. The Hall–Kier alpha value is 0.0800. The number of hydrogen-bond donors (Lipinski definition) is 1. The number of carbonyl (C=O) groups is 1. The average Bonchev–Trinajstić information content (AvgIpc) is 2.37. The fourth-order valence-electron chi connectivity index (χ4n) is 1.00. The lowest BCUT2D eigenvalue weighted by Crippen LogP contribution is -2.39. The van der Waals surface area contributed by atoms with Gasteiger partial charge in [0.05, 0.1) is 0 Å². The van der Waals surface area contributed by atoms with Gasteiger partial charge >= 0.3 is 0 Å². The summed E-state index contributed by atoms with van der Waals surface area (Å²) < 4.78 is -1.85. The molecule has 1 rings (SSSR count). The smallest absolute Gasteiger partial charge is 0.272 e. The molecule has 0 radical (unpaired) electrons. The molecule has 0 aromatic rings. The minimum Gasteiger partial charge on any atom is -0.346 e. The van der Waals surface area contributed by atoms with E-state index < -0.39 is 9.70 Å². The van der Waals surface area contributed by atoms with Crippen molar-refractivity contribution in [3.05, 3.63) is 12.2 Å². The van der Waals surface area contributed by atoms with Crippen LogP contribution in [-0.4, -0.2) is 15.7 Å². The summed E-state index contributed by atoms with van der Waals surface area (Å²) in [6.45, 7) is 0. The van der Waals surface area contributed by atoms with Crippen LogP contribution in [0.5, 0.6) is 0 Å². The fraction of sp³-hybridized carbons (Fsp3) is 0.571. The van der Waals surface area contributed by atoms with E-state index in [4.69, 9.17) is 34.8 Å². The molecule has 12 heavy (non-hydrogen) atoms. The van der Waals surface area contributed by atoms with Gasteiger partial charge in [0.15, 0.2) is 0 Å². The van der Waals surface area contributed by atoms with E-state index in [1.54, 1.807) is 0 Å².